The molecule has 1 aromatic carbocycles. The van der Waals surface area contributed by atoms with Crippen LogP contribution in [-0.4, -0.2) is 63.4 Å². The summed E-state index contributed by atoms with van der Waals surface area (Å²) in [6.45, 7) is 7.16. The predicted octanol–water partition coefficient (Wildman–Crippen LogP) is 5.43. The number of halogens is 1. The number of piperidine rings is 1. The minimum Gasteiger partial charge on any atom is -0.345 e. The van der Waals surface area contributed by atoms with E-state index in [0.29, 0.717) is 11.6 Å². The van der Waals surface area contributed by atoms with Gasteiger partial charge >= 0.3 is 0 Å². The van der Waals surface area contributed by atoms with Gasteiger partial charge in [0.05, 0.1) is 46.9 Å². The van der Waals surface area contributed by atoms with Gasteiger partial charge in [0.15, 0.2) is 0 Å². The van der Waals surface area contributed by atoms with Gasteiger partial charge in [-0.05, 0) is 69.6 Å². The fourth-order valence-corrected chi connectivity index (χ4v) is 7.44. The lowest BCUT2D eigenvalue weighted by Crippen LogP contribution is -2.55. The minimum atomic E-state index is -0.421. The van der Waals surface area contributed by atoms with Crippen molar-refractivity contribution < 1.29 is 9.59 Å². The van der Waals surface area contributed by atoms with Gasteiger partial charge < -0.3 is 9.88 Å². The van der Waals surface area contributed by atoms with Crippen molar-refractivity contribution in [2.24, 2.45) is 5.41 Å². The van der Waals surface area contributed by atoms with Crippen molar-refractivity contribution >= 4 is 55.9 Å². The third-order valence-electron chi connectivity index (χ3n) is 8.66. The van der Waals surface area contributed by atoms with E-state index in [0.717, 1.165) is 69.5 Å². The normalized spacial score (nSPS) is 18.7. The van der Waals surface area contributed by atoms with E-state index in [1.807, 2.05) is 36.1 Å². The molecule has 41 heavy (non-hydrogen) atoms. The monoisotopic (exact) mass is 588 g/mol. The Kier molecular flexibility index (Phi) is 7.60. The lowest BCUT2D eigenvalue weighted by atomic mass is 9.80. The molecule has 5 heterocycles. The first kappa shape index (κ1) is 27.9. The summed E-state index contributed by atoms with van der Waals surface area (Å²) in [4.78, 5) is 34.8. The third kappa shape index (κ3) is 5.26. The summed E-state index contributed by atoms with van der Waals surface area (Å²) in [6.07, 6.45) is 6.35. The van der Waals surface area contributed by atoms with E-state index in [1.165, 1.54) is 4.90 Å². The standard InChI is InChI=1S/C31H33ClN6O2S/c1-3-20(2)37-16-27(39)38(28(40)17-37)15-23-14-26-30(41-23)24(4-8-35-26)25-13-22(32)12-21-5-11-36(29(21)25)19-31(18-33)6-9-34-10-7-31/h4-5,8,11-14,20,34H,3,6-7,9-10,15-17,19H2,1-2H3. The summed E-state index contributed by atoms with van der Waals surface area (Å²) in [5, 5.41) is 15.2. The molecule has 2 aliphatic heterocycles. The molecule has 212 valence electrons. The maximum atomic E-state index is 13.0. The number of thiophene rings is 1. The number of rotatable bonds is 7. The van der Waals surface area contributed by atoms with Crippen LogP contribution in [-0.2, 0) is 22.7 Å². The number of nitriles is 1. The van der Waals surface area contributed by atoms with Crippen molar-refractivity contribution in [2.75, 3.05) is 26.2 Å². The van der Waals surface area contributed by atoms with E-state index in [9.17, 15) is 14.9 Å². The first-order valence-corrected chi connectivity index (χ1v) is 15.4. The topological polar surface area (TPSA) is 94.3 Å². The molecule has 4 aromatic rings. The highest BCUT2D eigenvalue weighted by Crippen LogP contribution is 2.41. The lowest BCUT2D eigenvalue weighted by Gasteiger charge is -2.35. The van der Waals surface area contributed by atoms with Crippen LogP contribution in [0.4, 0.5) is 0 Å². The third-order valence-corrected chi connectivity index (χ3v) is 10.0. The van der Waals surface area contributed by atoms with Crippen molar-refractivity contribution in [3.8, 4) is 17.2 Å². The molecule has 6 rings (SSSR count). The zero-order valence-electron chi connectivity index (χ0n) is 23.3. The SMILES string of the molecule is CCC(C)N1CC(=O)N(Cc2cc3nccc(-c4cc(Cl)cc5ccn(CC6(C#N)CCNCC6)c45)c3s2)C(=O)C1. The van der Waals surface area contributed by atoms with Gasteiger partial charge in [0, 0.05) is 51.4 Å². The molecule has 0 bridgehead atoms. The van der Waals surface area contributed by atoms with Gasteiger partial charge in [0.1, 0.15) is 0 Å². The zero-order chi connectivity index (χ0) is 28.7. The fourth-order valence-electron chi connectivity index (χ4n) is 6.08. The molecule has 1 atom stereocenters. The number of piperazine rings is 1. The Hall–Kier alpha value is -3.29. The summed E-state index contributed by atoms with van der Waals surface area (Å²) < 4.78 is 3.18. The number of fused-ring (bicyclic) bond motifs is 2. The first-order valence-electron chi connectivity index (χ1n) is 14.2. The number of hydrogen-bond donors (Lipinski definition) is 1. The van der Waals surface area contributed by atoms with Crippen LogP contribution in [0.1, 0.15) is 38.0 Å². The van der Waals surface area contributed by atoms with Crippen molar-refractivity contribution in [1.82, 2.24) is 24.7 Å². The van der Waals surface area contributed by atoms with Crippen molar-refractivity contribution in [1.29, 1.82) is 5.26 Å². The van der Waals surface area contributed by atoms with E-state index >= 15 is 0 Å². The molecule has 2 saturated heterocycles. The molecule has 0 aliphatic carbocycles. The molecule has 1 N–H and O–H groups in total. The Balaban J connectivity index is 1.36. The van der Waals surface area contributed by atoms with Crippen molar-refractivity contribution in [3.63, 3.8) is 0 Å². The number of benzene rings is 1. The summed E-state index contributed by atoms with van der Waals surface area (Å²) in [6, 6.07) is 12.8. The highest BCUT2D eigenvalue weighted by Gasteiger charge is 2.34. The van der Waals surface area contributed by atoms with Crippen LogP contribution in [0.2, 0.25) is 5.02 Å². The van der Waals surface area contributed by atoms with E-state index in [4.69, 9.17) is 11.6 Å². The van der Waals surface area contributed by atoms with Gasteiger partial charge in [-0.3, -0.25) is 24.4 Å². The smallest absolute Gasteiger partial charge is 0.243 e. The average Bonchev–Trinajstić information content (AvgIpc) is 3.57. The number of aromatic nitrogens is 2. The molecule has 0 spiro atoms. The Morgan fingerprint density at radius 3 is 2.61 bits per heavy atom. The molecular formula is C31H33ClN6O2S. The lowest BCUT2D eigenvalue weighted by molar-refractivity contribution is -0.153. The summed E-state index contributed by atoms with van der Waals surface area (Å²) >= 11 is 8.18. The van der Waals surface area contributed by atoms with Crippen LogP contribution in [0.15, 0.2) is 42.7 Å². The van der Waals surface area contributed by atoms with Gasteiger partial charge in [-0.15, -0.1) is 11.3 Å². The molecule has 1 unspecified atom stereocenters. The number of hydrogen-bond acceptors (Lipinski definition) is 7. The molecule has 10 heteroatoms. The first-order chi connectivity index (χ1) is 19.8. The minimum absolute atomic E-state index is 0.161. The maximum Gasteiger partial charge on any atom is 0.243 e. The van der Waals surface area contributed by atoms with Crippen molar-refractivity contribution in [2.45, 2.75) is 52.2 Å². The quantitative estimate of drug-likeness (QED) is 0.289. The van der Waals surface area contributed by atoms with Crippen LogP contribution >= 0.6 is 22.9 Å². The van der Waals surface area contributed by atoms with E-state index in [2.05, 4.69) is 40.1 Å². The summed E-state index contributed by atoms with van der Waals surface area (Å²) in [7, 11) is 0. The molecule has 2 amide bonds. The van der Waals surface area contributed by atoms with Gasteiger partial charge in [-0.1, -0.05) is 18.5 Å². The molecule has 8 nitrogen and oxygen atoms in total. The van der Waals surface area contributed by atoms with Crippen molar-refractivity contribution in [3.05, 3.63) is 52.6 Å². The number of amides is 2. The molecule has 2 fully saturated rings. The van der Waals surface area contributed by atoms with Crippen LogP contribution in [0.5, 0.6) is 0 Å². The fraction of sp³-hybridized carbons (Fsp3) is 0.419. The molecule has 0 radical (unpaired) electrons. The molecular weight excluding hydrogens is 556 g/mol. The zero-order valence-corrected chi connectivity index (χ0v) is 24.9. The number of pyridine rings is 1. The molecule has 2 aliphatic rings. The van der Waals surface area contributed by atoms with Gasteiger partial charge in [-0.2, -0.15) is 5.26 Å². The van der Waals surface area contributed by atoms with E-state index < -0.39 is 5.41 Å². The van der Waals surface area contributed by atoms with Gasteiger partial charge in [-0.25, -0.2) is 0 Å². The maximum absolute atomic E-state index is 13.0. The predicted molar refractivity (Wildman–Crippen MR) is 163 cm³/mol. The number of carbonyl (C=O) groups is 2. The second-order valence-corrected chi connectivity index (χ2v) is 12.9. The van der Waals surface area contributed by atoms with Crippen LogP contribution in [0, 0.1) is 16.7 Å². The highest BCUT2D eigenvalue weighted by molar-refractivity contribution is 7.19. The Morgan fingerprint density at radius 1 is 1.15 bits per heavy atom. The summed E-state index contributed by atoms with van der Waals surface area (Å²) in [5.41, 5.74) is 3.41. The second-order valence-electron chi connectivity index (χ2n) is 11.3. The highest BCUT2D eigenvalue weighted by atomic mass is 35.5. The number of nitrogens with zero attached hydrogens (tertiary/aromatic N) is 5. The Labute approximate surface area is 248 Å². The number of nitrogens with one attached hydrogen (secondary N) is 1. The Bertz CT molecular complexity index is 1660. The van der Waals surface area contributed by atoms with E-state index in [1.54, 1.807) is 17.5 Å². The van der Waals surface area contributed by atoms with Gasteiger partial charge in [0.2, 0.25) is 11.8 Å². The summed E-state index contributed by atoms with van der Waals surface area (Å²) in [5.74, 6) is -0.322. The Morgan fingerprint density at radius 2 is 1.90 bits per heavy atom. The van der Waals surface area contributed by atoms with E-state index in [-0.39, 0.29) is 37.5 Å². The number of imide groups is 1. The molecule has 3 aromatic heterocycles. The van der Waals surface area contributed by atoms with Gasteiger partial charge in [0.25, 0.3) is 0 Å². The van der Waals surface area contributed by atoms with Crippen LogP contribution in [0.3, 0.4) is 0 Å². The number of carbonyl (C=O) groups excluding carboxylic acids is 2. The van der Waals surface area contributed by atoms with Crippen LogP contribution in [0.25, 0.3) is 32.2 Å². The largest absolute Gasteiger partial charge is 0.345 e. The second kappa shape index (κ2) is 11.2. The average molecular weight is 589 g/mol. The molecule has 0 saturated carbocycles. The van der Waals surface area contributed by atoms with Crippen LogP contribution < -0.4 is 5.32 Å².